The smallest absolute Gasteiger partial charge is 0.119 e. The van der Waals surface area contributed by atoms with Gasteiger partial charge in [0.1, 0.15) is 5.75 Å². The third-order valence-electron chi connectivity index (χ3n) is 5.97. The predicted octanol–water partition coefficient (Wildman–Crippen LogP) is 6.03. The average molecular weight is 439 g/mol. The van der Waals surface area contributed by atoms with E-state index in [9.17, 15) is 0 Å². The van der Waals surface area contributed by atoms with E-state index < -0.39 is 0 Å². The van der Waals surface area contributed by atoms with Crippen LogP contribution in [0.25, 0.3) is 43.8 Å². The molecule has 0 aliphatic rings. The van der Waals surface area contributed by atoms with Crippen LogP contribution in [0.1, 0.15) is 6.42 Å². The zero-order valence-electron chi connectivity index (χ0n) is 18.8. The molecule has 1 heterocycles. The summed E-state index contributed by atoms with van der Waals surface area (Å²) in [6.07, 6.45) is 2.66. The third-order valence-corrected chi connectivity index (χ3v) is 5.97. The van der Waals surface area contributed by atoms with Gasteiger partial charge in [0.2, 0.25) is 0 Å². The quantitative estimate of drug-likeness (QED) is 0.277. The van der Waals surface area contributed by atoms with Gasteiger partial charge in [0.25, 0.3) is 0 Å². The highest BCUT2D eigenvalue weighted by molar-refractivity contribution is 6.23. The number of rotatable bonds is 8. The van der Waals surface area contributed by atoms with Crippen molar-refractivity contribution in [3.63, 3.8) is 0 Å². The predicted molar refractivity (Wildman–Crippen MR) is 133 cm³/mol. The van der Waals surface area contributed by atoms with E-state index in [1.165, 1.54) is 10.8 Å². The number of benzene rings is 4. The van der Waals surface area contributed by atoms with Crippen LogP contribution < -0.4 is 4.74 Å². The molecule has 0 radical (unpaired) electrons. The van der Waals surface area contributed by atoms with Crippen molar-refractivity contribution in [2.24, 2.45) is 0 Å². The van der Waals surface area contributed by atoms with Crippen molar-refractivity contribution in [3.05, 3.63) is 79.0 Å². The minimum Gasteiger partial charge on any atom is -0.493 e. The zero-order valence-corrected chi connectivity index (χ0v) is 18.8. The first kappa shape index (κ1) is 21.3. The van der Waals surface area contributed by atoms with E-state index in [2.05, 4.69) is 48.5 Å². The molecule has 0 spiro atoms. The molecule has 0 amide bonds. The maximum atomic E-state index is 5.88. The standard InChI is InChI=1S/C28H26N2O3/c1-31-18-21(32-2)15-16-33-20-13-11-19(12-14-20)26-17-29-27-24-9-5-3-7-22(24)23-8-4-6-10-25(23)28(27)30-26/h3-14,17,21H,15-16,18H2,1-2H3. The fraction of sp³-hybridized carbons (Fsp3) is 0.214. The number of methoxy groups -OCH3 is 2. The van der Waals surface area contributed by atoms with Crippen LogP contribution in [0, 0.1) is 0 Å². The number of ether oxygens (including phenoxy) is 3. The van der Waals surface area contributed by atoms with Crippen molar-refractivity contribution in [2.75, 3.05) is 27.4 Å². The molecular weight excluding hydrogens is 412 g/mol. The summed E-state index contributed by atoms with van der Waals surface area (Å²) >= 11 is 0. The normalized spacial score (nSPS) is 12.4. The van der Waals surface area contributed by atoms with Gasteiger partial charge in [0.15, 0.2) is 0 Å². The van der Waals surface area contributed by atoms with Crippen LogP contribution in [-0.4, -0.2) is 43.5 Å². The van der Waals surface area contributed by atoms with Gasteiger partial charge in [-0.15, -0.1) is 0 Å². The van der Waals surface area contributed by atoms with Gasteiger partial charge in [-0.3, -0.25) is 4.98 Å². The van der Waals surface area contributed by atoms with Gasteiger partial charge in [-0.05, 0) is 35.0 Å². The summed E-state index contributed by atoms with van der Waals surface area (Å²) in [4.78, 5) is 9.87. The number of hydrogen-bond acceptors (Lipinski definition) is 5. The first-order chi connectivity index (χ1) is 16.3. The molecule has 5 rings (SSSR count). The molecule has 166 valence electrons. The molecule has 1 atom stereocenters. The minimum atomic E-state index is 0.0352. The van der Waals surface area contributed by atoms with E-state index in [4.69, 9.17) is 24.2 Å². The van der Waals surface area contributed by atoms with Gasteiger partial charge in [-0.1, -0.05) is 48.5 Å². The molecule has 1 unspecified atom stereocenters. The van der Waals surface area contributed by atoms with Crippen molar-refractivity contribution >= 4 is 32.6 Å². The van der Waals surface area contributed by atoms with E-state index in [0.29, 0.717) is 13.2 Å². The Morgan fingerprint density at radius 3 is 2.03 bits per heavy atom. The van der Waals surface area contributed by atoms with Crippen molar-refractivity contribution in [1.29, 1.82) is 0 Å². The van der Waals surface area contributed by atoms with Gasteiger partial charge < -0.3 is 14.2 Å². The zero-order chi connectivity index (χ0) is 22.6. The van der Waals surface area contributed by atoms with Crippen LogP contribution in [0.3, 0.4) is 0 Å². The van der Waals surface area contributed by atoms with Crippen LogP contribution in [0.15, 0.2) is 79.0 Å². The van der Waals surface area contributed by atoms with E-state index in [-0.39, 0.29) is 6.10 Å². The molecule has 0 saturated carbocycles. The molecule has 33 heavy (non-hydrogen) atoms. The number of aromatic nitrogens is 2. The summed E-state index contributed by atoms with van der Waals surface area (Å²) in [6.45, 7) is 1.12. The summed E-state index contributed by atoms with van der Waals surface area (Å²) in [7, 11) is 3.36. The highest BCUT2D eigenvalue weighted by Gasteiger charge is 2.12. The van der Waals surface area contributed by atoms with Crippen molar-refractivity contribution in [1.82, 2.24) is 9.97 Å². The fourth-order valence-electron chi connectivity index (χ4n) is 4.25. The van der Waals surface area contributed by atoms with Crippen molar-refractivity contribution < 1.29 is 14.2 Å². The summed E-state index contributed by atoms with van der Waals surface area (Å²) in [5.41, 5.74) is 3.69. The Morgan fingerprint density at radius 2 is 1.39 bits per heavy atom. The number of fused-ring (bicyclic) bond motifs is 6. The second-order valence-electron chi connectivity index (χ2n) is 8.02. The Balaban J connectivity index is 1.45. The average Bonchev–Trinajstić information content (AvgIpc) is 2.88. The van der Waals surface area contributed by atoms with Crippen LogP contribution in [-0.2, 0) is 9.47 Å². The van der Waals surface area contributed by atoms with Gasteiger partial charge >= 0.3 is 0 Å². The molecule has 0 N–H and O–H groups in total. The minimum absolute atomic E-state index is 0.0352. The SMILES string of the molecule is COCC(CCOc1ccc(-c2cnc3c4ccccc4c4ccccc4c3n2)cc1)OC. The van der Waals surface area contributed by atoms with Crippen LogP contribution in [0.4, 0.5) is 0 Å². The van der Waals surface area contributed by atoms with Gasteiger partial charge in [0, 0.05) is 37.0 Å². The summed E-state index contributed by atoms with van der Waals surface area (Å²) in [6, 6.07) is 24.8. The van der Waals surface area contributed by atoms with Crippen LogP contribution in [0.2, 0.25) is 0 Å². The first-order valence-electron chi connectivity index (χ1n) is 11.1. The highest BCUT2D eigenvalue weighted by atomic mass is 16.5. The van der Waals surface area contributed by atoms with Crippen LogP contribution >= 0.6 is 0 Å². The topological polar surface area (TPSA) is 53.5 Å². The molecular formula is C28H26N2O3. The lowest BCUT2D eigenvalue weighted by molar-refractivity contribution is 0.0161. The van der Waals surface area contributed by atoms with Crippen molar-refractivity contribution in [2.45, 2.75) is 12.5 Å². The Hall–Kier alpha value is -3.54. The Bertz CT molecular complexity index is 1360. The van der Waals surface area contributed by atoms with Crippen molar-refractivity contribution in [3.8, 4) is 17.0 Å². The molecule has 0 fully saturated rings. The summed E-state index contributed by atoms with van der Waals surface area (Å²) in [5.74, 6) is 0.816. The molecule has 0 bridgehead atoms. The monoisotopic (exact) mass is 438 g/mol. The van der Waals surface area contributed by atoms with Gasteiger partial charge in [0.05, 0.1) is 42.2 Å². The lowest BCUT2D eigenvalue weighted by atomic mass is 9.99. The molecule has 1 aromatic heterocycles. The lowest BCUT2D eigenvalue weighted by Crippen LogP contribution is -2.20. The van der Waals surface area contributed by atoms with E-state index >= 15 is 0 Å². The molecule has 0 saturated heterocycles. The molecule has 0 aliphatic carbocycles. The largest absolute Gasteiger partial charge is 0.493 e. The Morgan fingerprint density at radius 1 is 0.758 bits per heavy atom. The van der Waals surface area contributed by atoms with Gasteiger partial charge in [-0.25, -0.2) is 4.98 Å². The Kier molecular flexibility index (Phi) is 6.15. The fourth-order valence-corrected chi connectivity index (χ4v) is 4.25. The first-order valence-corrected chi connectivity index (χ1v) is 11.1. The molecule has 4 aromatic carbocycles. The second kappa shape index (κ2) is 9.53. The highest BCUT2D eigenvalue weighted by Crippen LogP contribution is 2.34. The Labute approximate surface area is 193 Å². The maximum Gasteiger partial charge on any atom is 0.119 e. The van der Waals surface area contributed by atoms with E-state index in [1.54, 1.807) is 14.2 Å². The summed E-state index contributed by atoms with van der Waals surface area (Å²) < 4.78 is 16.4. The molecule has 5 aromatic rings. The van der Waals surface area contributed by atoms with E-state index in [0.717, 1.165) is 45.2 Å². The lowest BCUT2D eigenvalue weighted by Gasteiger charge is -2.14. The molecule has 0 aliphatic heterocycles. The van der Waals surface area contributed by atoms with Gasteiger partial charge in [-0.2, -0.15) is 0 Å². The van der Waals surface area contributed by atoms with Crippen LogP contribution in [0.5, 0.6) is 5.75 Å². The number of nitrogens with zero attached hydrogens (tertiary/aromatic N) is 2. The third kappa shape index (κ3) is 4.25. The summed E-state index contributed by atoms with van der Waals surface area (Å²) in [5, 5.41) is 4.63. The molecule has 5 heteroatoms. The maximum absolute atomic E-state index is 5.88. The molecule has 5 nitrogen and oxygen atoms in total. The number of hydrogen-bond donors (Lipinski definition) is 0. The second-order valence-corrected chi connectivity index (χ2v) is 8.02. The van der Waals surface area contributed by atoms with E-state index in [1.807, 2.05) is 30.5 Å².